The van der Waals surface area contributed by atoms with Crippen LogP contribution in [0.15, 0.2) is 24.4 Å². The summed E-state index contributed by atoms with van der Waals surface area (Å²) in [6.07, 6.45) is 2.76. The summed E-state index contributed by atoms with van der Waals surface area (Å²) in [4.78, 5) is 0. The van der Waals surface area contributed by atoms with Crippen LogP contribution in [0.5, 0.6) is 0 Å². The van der Waals surface area contributed by atoms with Crippen molar-refractivity contribution in [3.05, 3.63) is 47.3 Å². The molecule has 0 bridgehead atoms. The van der Waals surface area contributed by atoms with Crippen molar-refractivity contribution in [1.82, 2.24) is 9.78 Å². The SMILES string of the molecule is CCC(N)Cc1cc(F)c(-n2ccc(C)n2)c(F)c1. The van der Waals surface area contributed by atoms with Gasteiger partial charge in [0.25, 0.3) is 0 Å². The molecule has 5 heteroatoms. The molecule has 0 saturated carbocycles. The van der Waals surface area contributed by atoms with E-state index in [0.717, 1.165) is 6.42 Å². The van der Waals surface area contributed by atoms with E-state index in [9.17, 15) is 8.78 Å². The first-order valence-corrected chi connectivity index (χ1v) is 6.27. The molecule has 19 heavy (non-hydrogen) atoms. The summed E-state index contributed by atoms with van der Waals surface area (Å²) in [6.45, 7) is 3.71. The Bertz CT molecular complexity index is 555. The van der Waals surface area contributed by atoms with Crippen LogP contribution in [0.1, 0.15) is 24.6 Å². The minimum Gasteiger partial charge on any atom is -0.327 e. The van der Waals surface area contributed by atoms with Crippen molar-refractivity contribution in [3.8, 4) is 5.69 Å². The number of halogens is 2. The number of benzene rings is 1. The van der Waals surface area contributed by atoms with Gasteiger partial charge in [0.2, 0.25) is 0 Å². The molecule has 0 saturated heterocycles. The Kier molecular flexibility index (Phi) is 3.95. The number of aryl methyl sites for hydroxylation is 1. The number of nitrogens with two attached hydrogens (primary N) is 1. The van der Waals surface area contributed by atoms with Gasteiger partial charge in [0.15, 0.2) is 11.6 Å². The molecule has 0 aliphatic rings. The average molecular weight is 265 g/mol. The maximum Gasteiger partial charge on any atom is 0.152 e. The molecule has 1 aromatic heterocycles. The van der Waals surface area contributed by atoms with E-state index in [1.165, 1.54) is 23.0 Å². The number of aromatic nitrogens is 2. The van der Waals surface area contributed by atoms with Crippen LogP contribution >= 0.6 is 0 Å². The normalized spacial score (nSPS) is 12.7. The largest absolute Gasteiger partial charge is 0.327 e. The summed E-state index contributed by atoms with van der Waals surface area (Å²) in [6, 6.07) is 4.26. The zero-order chi connectivity index (χ0) is 14.0. The lowest BCUT2D eigenvalue weighted by molar-refractivity contribution is 0.552. The van der Waals surface area contributed by atoms with Crippen molar-refractivity contribution in [1.29, 1.82) is 0 Å². The fraction of sp³-hybridized carbons (Fsp3) is 0.357. The van der Waals surface area contributed by atoms with Gasteiger partial charge >= 0.3 is 0 Å². The Morgan fingerprint density at radius 3 is 2.42 bits per heavy atom. The third-order valence-electron chi connectivity index (χ3n) is 3.05. The van der Waals surface area contributed by atoms with Gasteiger partial charge in [-0.2, -0.15) is 5.10 Å². The Balaban J connectivity index is 2.37. The second-order valence-corrected chi connectivity index (χ2v) is 4.68. The molecule has 2 N–H and O–H groups in total. The van der Waals surface area contributed by atoms with E-state index in [1.807, 2.05) is 6.92 Å². The number of nitrogens with zero attached hydrogens (tertiary/aromatic N) is 2. The van der Waals surface area contributed by atoms with E-state index in [2.05, 4.69) is 5.10 Å². The molecule has 2 rings (SSSR count). The summed E-state index contributed by atoms with van der Waals surface area (Å²) < 4.78 is 29.2. The van der Waals surface area contributed by atoms with E-state index in [4.69, 9.17) is 5.73 Å². The predicted molar refractivity (Wildman–Crippen MR) is 70.2 cm³/mol. The molecule has 1 aromatic carbocycles. The lowest BCUT2D eigenvalue weighted by atomic mass is 10.0. The van der Waals surface area contributed by atoms with Gasteiger partial charge in [0, 0.05) is 12.2 Å². The number of hydrogen-bond donors (Lipinski definition) is 1. The Morgan fingerprint density at radius 1 is 1.32 bits per heavy atom. The van der Waals surface area contributed by atoms with Gasteiger partial charge in [0.1, 0.15) is 5.69 Å². The molecule has 0 amide bonds. The zero-order valence-electron chi connectivity index (χ0n) is 11.0. The van der Waals surface area contributed by atoms with Gasteiger partial charge in [-0.05, 0) is 43.5 Å². The van der Waals surface area contributed by atoms with Crippen LogP contribution in [-0.2, 0) is 6.42 Å². The second kappa shape index (κ2) is 5.48. The van der Waals surface area contributed by atoms with Crippen LogP contribution in [0.2, 0.25) is 0 Å². The number of hydrogen-bond acceptors (Lipinski definition) is 2. The highest BCUT2D eigenvalue weighted by Gasteiger charge is 2.15. The first-order chi connectivity index (χ1) is 9.01. The highest BCUT2D eigenvalue weighted by molar-refractivity contribution is 5.38. The molecule has 1 unspecified atom stereocenters. The van der Waals surface area contributed by atoms with Gasteiger partial charge in [-0.15, -0.1) is 0 Å². The molecule has 0 aliphatic heterocycles. The minimum absolute atomic E-state index is 0.0865. The molecule has 2 aromatic rings. The molecular weight excluding hydrogens is 248 g/mol. The predicted octanol–water partition coefficient (Wildman–Crippen LogP) is 2.74. The Hall–Kier alpha value is -1.75. The summed E-state index contributed by atoms with van der Waals surface area (Å²) in [5, 5.41) is 4.02. The molecule has 3 nitrogen and oxygen atoms in total. The van der Waals surface area contributed by atoms with Crippen molar-refractivity contribution in [2.24, 2.45) is 5.73 Å². The molecule has 0 aliphatic carbocycles. The van der Waals surface area contributed by atoms with Gasteiger partial charge in [0.05, 0.1) is 5.69 Å². The first kappa shape index (κ1) is 13.7. The summed E-state index contributed by atoms with van der Waals surface area (Å²) in [5.41, 5.74) is 6.92. The number of rotatable bonds is 4. The van der Waals surface area contributed by atoms with Gasteiger partial charge in [-0.3, -0.25) is 0 Å². The average Bonchev–Trinajstić information content (AvgIpc) is 2.74. The highest BCUT2D eigenvalue weighted by atomic mass is 19.1. The van der Waals surface area contributed by atoms with E-state index in [1.54, 1.807) is 13.0 Å². The van der Waals surface area contributed by atoms with Crippen molar-refractivity contribution < 1.29 is 8.78 Å². The van der Waals surface area contributed by atoms with Crippen LogP contribution in [0.25, 0.3) is 5.69 Å². The topological polar surface area (TPSA) is 43.8 Å². The molecule has 102 valence electrons. The Labute approximate surface area is 111 Å². The van der Waals surface area contributed by atoms with Crippen LogP contribution in [-0.4, -0.2) is 15.8 Å². The van der Waals surface area contributed by atoms with Crippen molar-refractivity contribution in [2.75, 3.05) is 0 Å². The summed E-state index contributed by atoms with van der Waals surface area (Å²) >= 11 is 0. The smallest absolute Gasteiger partial charge is 0.152 e. The molecule has 1 atom stereocenters. The molecule has 0 radical (unpaired) electrons. The Morgan fingerprint density at radius 2 is 1.95 bits per heavy atom. The lowest BCUT2D eigenvalue weighted by Crippen LogP contribution is -2.21. The zero-order valence-corrected chi connectivity index (χ0v) is 11.0. The van der Waals surface area contributed by atoms with E-state index >= 15 is 0 Å². The van der Waals surface area contributed by atoms with Crippen molar-refractivity contribution in [2.45, 2.75) is 32.7 Å². The fourth-order valence-electron chi connectivity index (χ4n) is 1.94. The van der Waals surface area contributed by atoms with E-state index in [0.29, 0.717) is 17.7 Å². The van der Waals surface area contributed by atoms with Crippen LogP contribution in [0.4, 0.5) is 8.78 Å². The fourth-order valence-corrected chi connectivity index (χ4v) is 1.94. The third kappa shape index (κ3) is 2.98. The van der Waals surface area contributed by atoms with Gasteiger partial charge in [-0.1, -0.05) is 6.92 Å². The molecule has 0 spiro atoms. The molecular formula is C14H17F2N3. The third-order valence-corrected chi connectivity index (χ3v) is 3.05. The highest BCUT2D eigenvalue weighted by Crippen LogP contribution is 2.20. The summed E-state index contributed by atoms with van der Waals surface area (Å²) in [5.74, 6) is -1.25. The van der Waals surface area contributed by atoms with Gasteiger partial charge < -0.3 is 5.73 Å². The molecule has 0 fully saturated rings. The van der Waals surface area contributed by atoms with Crippen LogP contribution in [0.3, 0.4) is 0 Å². The van der Waals surface area contributed by atoms with Crippen LogP contribution in [0, 0.1) is 18.6 Å². The quantitative estimate of drug-likeness (QED) is 0.923. The lowest BCUT2D eigenvalue weighted by Gasteiger charge is -2.11. The second-order valence-electron chi connectivity index (χ2n) is 4.68. The van der Waals surface area contributed by atoms with Crippen molar-refractivity contribution >= 4 is 0 Å². The van der Waals surface area contributed by atoms with E-state index < -0.39 is 11.6 Å². The van der Waals surface area contributed by atoms with E-state index in [-0.39, 0.29) is 11.7 Å². The monoisotopic (exact) mass is 265 g/mol. The first-order valence-electron chi connectivity index (χ1n) is 6.27. The van der Waals surface area contributed by atoms with Crippen LogP contribution < -0.4 is 5.73 Å². The standard InChI is InChI=1S/C14H17F2N3/c1-3-11(17)6-10-7-12(15)14(13(16)8-10)19-5-4-9(2)18-19/h4-5,7-8,11H,3,6,17H2,1-2H3. The molecule has 1 heterocycles. The van der Waals surface area contributed by atoms with Crippen molar-refractivity contribution in [3.63, 3.8) is 0 Å². The maximum atomic E-state index is 14.0. The summed E-state index contributed by atoms with van der Waals surface area (Å²) in [7, 11) is 0. The van der Waals surface area contributed by atoms with Gasteiger partial charge in [-0.25, -0.2) is 13.5 Å². The maximum absolute atomic E-state index is 14.0. The minimum atomic E-state index is -0.624.